The fraction of sp³-hybridized carbons (Fsp3) is 0.312. The molecule has 1 aromatic carbocycles. The lowest BCUT2D eigenvalue weighted by atomic mass is 10.1. The highest BCUT2D eigenvalue weighted by Gasteiger charge is 2.15. The van der Waals surface area contributed by atoms with Crippen LogP contribution in [0.1, 0.15) is 21.6 Å². The van der Waals surface area contributed by atoms with Crippen LogP contribution in [0.25, 0.3) is 0 Å². The molecule has 0 saturated carbocycles. The van der Waals surface area contributed by atoms with E-state index in [0.717, 1.165) is 16.9 Å². The number of methoxy groups -OCH3 is 1. The van der Waals surface area contributed by atoms with Crippen LogP contribution in [0.2, 0.25) is 0 Å². The average molecular weight is 331 g/mol. The summed E-state index contributed by atoms with van der Waals surface area (Å²) in [5.74, 6) is 0.162. The maximum atomic E-state index is 11.9. The summed E-state index contributed by atoms with van der Waals surface area (Å²) in [5, 5.41) is 9.20. The van der Waals surface area contributed by atoms with Gasteiger partial charge in [-0.05, 0) is 30.5 Å². The fourth-order valence-corrected chi connectivity index (χ4v) is 2.33. The first-order chi connectivity index (χ1) is 11.4. The van der Waals surface area contributed by atoms with Crippen molar-refractivity contribution in [3.63, 3.8) is 0 Å². The maximum Gasteiger partial charge on any atom is 0.319 e. The van der Waals surface area contributed by atoms with Crippen LogP contribution in [-0.4, -0.2) is 35.4 Å². The molecule has 4 N–H and O–H groups in total. The molecule has 8 heteroatoms. The van der Waals surface area contributed by atoms with Crippen LogP contribution in [-0.2, 0) is 13.5 Å². The number of hydrogen-bond donors (Lipinski definition) is 3. The molecule has 24 heavy (non-hydrogen) atoms. The highest BCUT2D eigenvalue weighted by atomic mass is 16.5. The van der Waals surface area contributed by atoms with E-state index in [1.54, 1.807) is 14.2 Å². The van der Waals surface area contributed by atoms with E-state index >= 15 is 0 Å². The molecular weight excluding hydrogens is 310 g/mol. The van der Waals surface area contributed by atoms with Gasteiger partial charge in [0.15, 0.2) is 0 Å². The Kier molecular flexibility index (Phi) is 5.41. The molecule has 0 bridgehead atoms. The number of nitrogens with zero attached hydrogens (tertiary/aromatic N) is 2. The molecule has 2 rings (SSSR count). The van der Waals surface area contributed by atoms with Gasteiger partial charge >= 0.3 is 6.03 Å². The summed E-state index contributed by atoms with van der Waals surface area (Å²) in [6.07, 6.45) is 2.03. The minimum absolute atomic E-state index is 0.147. The average Bonchev–Trinajstić information content (AvgIpc) is 2.89. The number of aromatic nitrogens is 2. The summed E-state index contributed by atoms with van der Waals surface area (Å²) in [6.45, 7) is 2.41. The molecule has 1 heterocycles. The molecule has 3 amide bonds. The Hall–Kier alpha value is -3.03. The summed E-state index contributed by atoms with van der Waals surface area (Å²) in [4.78, 5) is 23.3. The Morgan fingerprint density at radius 2 is 2.12 bits per heavy atom. The summed E-state index contributed by atoms with van der Waals surface area (Å²) in [7, 11) is 3.20. The Morgan fingerprint density at radius 3 is 2.79 bits per heavy atom. The van der Waals surface area contributed by atoms with Crippen molar-refractivity contribution in [1.29, 1.82) is 0 Å². The number of primary amides is 1. The van der Waals surface area contributed by atoms with E-state index in [4.69, 9.17) is 10.5 Å². The second-order valence-corrected chi connectivity index (χ2v) is 5.33. The van der Waals surface area contributed by atoms with Crippen molar-refractivity contribution >= 4 is 17.6 Å². The van der Waals surface area contributed by atoms with Crippen molar-refractivity contribution in [2.75, 3.05) is 19.0 Å². The van der Waals surface area contributed by atoms with E-state index in [2.05, 4.69) is 15.7 Å². The number of carbonyl (C=O) groups is 2. The van der Waals surface area contributed by atoms with Gasteiger partial charge in [-0.15, -0.1) is 0 Å². The van der Waals surface area contributed by atoms with Gasteiger partial charge in [0.25, 0.3) is 5.91 Å². The third-order valence-electron chi connectivity index (χ3n) is 3.59. The molecule has 128 valence electrons. The fourth-order valence-electron chi connectivity index (χ4n) is 2.33. The van der Waals surface area contributed by atoms with Crippen LogP contribution in [0.5, 0.6) is 5.75 Å². The molecular formula is C16H21N5O3. The van der Waals surface area contributed by atoms with Crippen LogP contribution in [0.4, 0.5) is 10.5 Å². The van der Waals surface area contributed by atoms with Gasteiger partial charge in [-0.25, -0.2) is 4.79 Å². The number of amides is 3. The topological polar surface area (TPSA) is 111 Å². The predicted octanol–water partition coefficient (Wildman–Crippen LogP) is 1.20. The molecule has 0 aliphatic carbocycles. The number of nitrogens with two attached hydrogens (primary N) is 1. The molecule has 0 saturated heterocycles. The summed E-state index contributed by atoms with van der Waals surface area (Å²) < 4.78 is 6.59. The lowest BCUT2D eigenvalue weighted by Gasteiger charge is -2.09. The number of anilines is 1. The van der Waals surface area contributed by atoms with E-state index in [-0.39, 0.29) is 11.4 Å². The number of carbonyl (C=O) groups excluding carboxylic acids is 2. The van der Waals surface area contributed by atoms with Gasteiger partial charge in [0.2, 0.25) is 0 Å². The normalized spacial score (nSPS) is 10.3. The third kappa shape index (κ3) is 4.03. The summed E-state index contributed by atoms with van der Waals surface area (Å²) in [6, 6.07) is 5.48. The summed E-state index contributed by atoms with van der Waals surface area (Å²) in [5.41, 5.74) is 7.80. The van der Waals surface area contributed by atoms with Gasteiger partial charge in [0.05, 0.1) is 19.0 Å². The van der Waals surface area contributed by atoms with Gasteiger partial charge < -0.3 is 21.1 Å². The smallest absolute Gasteiger partial charge is 0.319 e. The molecule has 0 atom stereocenters. The highest BCUT2D eigenvalue weighted by molar-refractivity contribution is 6.01. The number of ether oxygens (including phenoxy) is 1. The first kappa shape index (κ1) is 17.3. The van der Waals surface area contributed by atoms with E-state index in [9.17, 15) is 9.59 Å². The molecule has 0 spiro atoms. The number of urea groups is 1. The van der Waals surface area contributed by atoms with Gasteiger partial charge in [0, 0.05) is 13.6 Å². The Labute approximate surface area is 140 Å². The number of benzene rings is 1. The van der Waals surface area contributed by atoms with Gasteiger partial charge in [-0.2, -0.15) is 5.10 Å². The van der Waals surface area contributed by atoms with Gasteiger partial charge in [0.1, 0.15) is 11.4 Å². The van der Waals surface area contributed by atoms with E-state index < -0.39 is 11.9 Å². The van der Waals surface area contributed by atoms with Gasteiger partial charge in [-0.1, -0.05) is 12.1 Å². The minimum Gasteiger partial charge on any atom is -0.496 e. The first-order valence-corrected chi connectivity index (χ1v) is 7.42. The molecule has 0 fully saturated rings. The lowest BCUT2D eigenvalue weighted by Crippen LogP contribution is -2.31. The predicted molar refractivity (Wildman–Crippen MR) is 90.2 cm³/mol. The first-order valence-electron chi connectivity index (χ1n) is 7.42. The molecule has 0 aliphatic heterocycles. The van der Waals surface area contributed by atoms with E-state index in [1.165, 1.54) is 10.9 Å². The van der Waals surface area contributed by atoms with Crippen molar-refractivity contribution in [3.05, 3.63) is 41.2 Å². The van der Waals surface area contributed by atoms with E-state index in [1.807, 2.05) is 25.1 Å². The van der Waals surface area contributed by atoms with Crippen LogP contribution in [0.15, 0.2) is 24.4 Å². The monoisotopic (exact) mass is 331 g/mol. The molecule has 8 nitrogen and oxygen atoms in total. The zero-order valence-electron chi connectivity index (χ0n) is 13.9. The molecule has 2 aromatic rings. The number of aryl methyl sites for hydroxylation is 2. The van der Waals surface area contributed by atoms with Crippen LogP contribution in [0.3, 0.4) is 0 Å². The zero-order chi connectivity index (χ0) is 17.7. The SMILES string of the molecule is COc1cc(CCNC(=O)Nc2cnn(C)c2C(N)=O)ccc1C. The van der Waals surface area contributed by atoms with Crippen molar-refractivity contribution in [2.45, 2.75) is 13.3 Å². The van der Waals surface area contributed by atoms with E-state index in [0.29, 0.717) is 13.0 Å². The number of nitrogens with one attached hydrogen (secondary N) is 2. The zero-order valence-corrected chi connectivity index (χ0v) is 13.9. The molecule has 0 aliphatic rings. The molecule has 1 aromatic heterocycles. The quantitative estimate of drug-likeness (QED) is 0.738. The number of rotatable bonds is 6. The van der Waals surface area contributed by atoms with Crippen LogP contribution in [0, 0.1) is 6.92 Å². The Bertz CT molecular complexity index is 754. The third-order valence-corrected chi connectivity index (χ3v) is 3.59. The maximum absolute atomic E-state index is 11.9. The second-order valence-electron chi connectivity index (χ2n) is 5.33. The summed E-state index contributed by atoms with van der Waals surface area (Å²) >= 11 is 0. The molecule has 0 radical (unpaired) electrons. The highest BCUT2D eigenvalue weighted by Crippen LogP contribution is 2.19. The van der Waals surface area contributed by atoms with Crippen molar-refractivity contribution in [3.8, 4) is 5.75 Å². The Morgan fingerprint density at radius 1 is 1.38 bits per heavy atom. The van der Waals surface area contributed by atoms with Crippen molar-refractivity contribution in [1.82, 2.24) is 15.1 Å². The van der Waals surface area contributed by atoms with Crippen molar-refractivity contribution < 1.29 is 14.3 Å². The Balaban J connectivity index is 1.89. The standard InChI is InChI=1S/C16H21N5O3/c1-10-4-5-11(8-13(10)24-3)6-7-18-16(23)20-12-9-19-21(2)14(12)15(17)22/h4-5,8-9H,6-7H2,1-3H3,(H2,17,22)(H2,18,20,23). The van der Waals surface area contributed by atoms with Gasteiger partial charge in [-0.3, -0.25) is 9.48 Å². The van der Waals surface area contributed by atoms with Crippen LogP contribution < -0.4 is 21.1 Å². The lowest BCUT2D eigenvalue weighted by molar-refractivity contribution is 0.0992. The minimum atomic E-state index is -0.656. The second kappa shape index (κ2) is 7.49. The van der Waals surface area contributed by atoms with Crippen LogP contribution >= 0.6 is 0 Å². The largest absolute Gasteiger partial charge is 0.496 e. The van der Waals surface area contributed by atoms with Crippen molar-refractivity contribution in [2.24, 2.45) is 12.8 Å². The number of hydrogen-bond acceptors (Lipinski definition) is 4. The molecule has 0 unspecified atom stereocenters.